The summed E-state index contributed by atoms with van der Waals surface area (Å²) in [5, 5.41) is 12.6. The number of rotatable bonds is 7. The maximum atomic E-state index is 12.0. The Balaban J connectivity index is 2.62. The van der Waals surface area contributed by atoms with Crippen LogP contribution >= 0.6 is 0 Å². The molecular weight excluding hydrogens is 254 g/mol. The number of hydrogen-bond acceptors (Lipinski definition) is 4. The van der Waals surface area contributed by atoms with Crippen molar-refractivity contribution >= 4 is 5.97 Å². The maximum absolute atomic E-state index is 12.0. The summed E-state index contributed by atoms with van der Waals surface area (Å²) < 4.78 is 5.27. The second-order valence-electron chi connectivity index (χ2n) is 5.72. The Morgan fingerprint density at radius 2 is 2.00 bits per heavy atom. The highest BCUT2D eigenvalue weighted by Crippen LogP contribution is 2.12. The number of hydrogen-bond donors (Lipinski definition) is 2. The quantitative estimate of drug-likeness (QED) is 0.754. The lowest BCUT2D eigenvalue weighted by Crippen LogP contribution is -2.39. The van der Waals surface area contributed by atoms with Crippen LogP contribution in [0.1, 0.15) is 39.7 Å². The Hall–Kier alpha value is -1.55. The van der Waals surface area contributed by atoms with Gasteiger partial charge in [-0.3, -0.25) is 4.79 Å². The van der Waals surface area contributed by atoms with Crippen LogP contribution in [-0.4, -0.2) is 23.2 Å². The first kappa shape index (κ1) is 16.5. The van der Waals surface area contributed by atoms with E-state index in [-0.39, 0.29) is 23.9 Å². The minimum atomic E-state index is -0.320. The summed E-state index contributed by atoms with van der Waals surface area (Å²) in [6.45, 7) is 8.37. The van der Waals surface area contributed by atoms with Crippen LogP contribution in [0.15, 0.2) is 24.3 Å². The SMILES string of the molecule is CC(C)C[C@H](NCc1cccc(O)c1)C(=O)OC(C)C. The molecule has 0 aliphatic rings. The number of carbonyl (C=O) groups excluding carboxylic acids is 1. The van der Waals surface area contributed by atoms with Crippen molar-refractivity contribution in [1.82, 2.24) is 5.32 Å². The molecule has 4 heteroatoms. The molecule has 0 fully saturated rings. The van der Waals surface area contributed by atoms with Gasteiger partial charge in [-0.1, -0.05) is 26.0 Å². The molecule has 0 saturated carbocycles. The normalized spacial score (nSPS) is 12.7. The molecule has 20 heavy (non-hydrogen) atoms. The Kier molecular flexibility index (Phi) is 6.52. The lowest BCUT2D eigenvalue weighted by Gasteiger charge is -2.20. The summed E-state index contributed by atoms with van der Waals surface area (Å²) >= 11 is 0. The molecule has 0 bridgehead atoms. The summed E-state index contributed by atoms with van der Waals surface area (Å²) in [5.41, 5.74) is 0.941. The van der Waals surface area contributed by atoms with E-state index in [0.717, 1.165) is 12.0 Å². The predicted molar refractivity (Wildman–Crippen MR) is 79.4 cm³/mol. The van der Waals surface area contributed by atoms with Gasteiger partial charge < -0.3 is 15.2 Å². The molecular formula is C16H25NO3. The minimum absolute atomic E-state index is 0.111. The molecule has 0 aromatic heterocycles. The van der Waals surface area contributed by atoms with Crippen LogP contribution in [0.5, 0.6) is 5.75 Å². The zero-order valence-corrected chi connectivity index (χ0v) is 12.7. The number of carbonyl (C=O) groups is 1. The van der Waals surface area contributed by atoms with Crippen molar-refractivity contribution in [1.29, 1.82) is 0 Å². The molecule has 1 atom stereocenters. The first-order valence-electron chi connectivity index (χ1n) is 7.10. The summed E-state index contributed by atoms with van der Waals surface area (Å²) in [7, 11) is 0. The molecule has 0 heterocycles. The molecule has 0 aliphatic heterocycles. The van der Waals surface area contributed by atoms with E-state index in [1.54, 1.807) is 18.2 Å². The number of aromatic hydroxyl groups is 1. The van der Waals surface area contributed by atoms with Crippen molar-refractivity contribution in [3.05, 3.63) is 29.8 Å². The topological polar surface area (TPSA) is 58.6 Å². The Labute approximate surface area is 121 Å². The van der Waals surface area contributed by atoms with Gasteiger partial charge in [0, 0.05) is 6.54 Å². The zero-order chi connectivity index (χ0) is 15.1. The largest absolute Gasteiger partial charge is 0.508 e. The van der Waals surface area contributed by atoms with Crippen molar-refractivity contribution in [3.63, 3.8) is 0 Å². The van der Waals surface area contributed by atoms with Crippen molar-refractivity contribution in [2.45, 2.75) is 52.8 Å². The van der Waals surface area contributed by atoms with Crippen LogP contribution in [0.2, 0.25) is 0 Å². The third kappa shape index (κ3) is 6.06. The number of phenolic OH excluding ortho intramolecular Hbond substituents is 1. The van der Waals surface area contributed by atoms with Crippen LogP contribution < -0.4 is 5.32 Å². The fourth-order valence-electron chi connectivity index (χ4n) is 1.96. The summed E-state index contributed by atoms with van der Waals surface area (Å²) in [5.74, 6) is 0.416. The Morgan fingerprint density at radius 3 is 2.55 bits per heavy atom. The van der Waals surface area contributed by atoms with E-state index in [2.05, 4.69) is 19.2 Å². The van der Waals surface area contributed by atoms with Gasteiger partial charge in [-0.2, -0.15) is 0 Å². The number of phenols is 1. The van der Waals surface area contributed by atoms with Gasteiger partial charge >= 0.3 is 5.97 Å². The van der Waals surface area contributed by atoms with E-state index >= 15 is 0 Å². The Morgan fingerprint density at radius 1 is 1.30 bits per heavy atom. The standard InChI is InChI=1S/C16H25NO3/c1-11(2)8-15(16(19)20-12(3)4)17-10-13-6-5-7-14(18)9-13/h5-7,9,11-12,15,17-18H,8,10H2,1-4H3/t15-/m0/s1. The highest BCUT2D eigenvalue weighted by molar-refractivity contribution is 5.75. The van der Waals surface area contributed by atoms with E-state index < -0.39 is 0 Å². The third-order valence-electron chi connectivity index (χ3n) is 2.81. The minimum Gasteiger partial charge on any atom is -0.508 e. The van der Waals surface area contributed by atoms with E-state index in [4.69, 9.17) is 4.74 Å². The third-order valence-corrected chi connectivity index (χ3v) is 2.81. The van der Waals surface area contributed by atoms with Crippen LogP contribution in [0, 0.1) is 5.92 Å². The average molecular weight is 279 g/mol. The van der Waals surface area contributed by atoms with Crippen LogP contribution in [0.25, 0.3) is 0 Å². The van der Waals surface area contributed by atoms with Gasteiger partial charge in [-0.05, 0) is 43.9 Å². The van der Waals surface area contributed by atoms with Crippen LogP contribution in [0.4, 0.5) is 0 Å². The number of ether oxygens (including phenoxy) is 1. The fraction of sp³-hybridized carbons (Fsp3) is 0.562. The highest BCUT2D eigenvalue weighted by atomic mass is 16.5. The maximum Gasteiger partial charge on any atom is 0.323 e. The van der Waals surface area contributed by atoms with Crippen LogP contribution in [-0.2, 0) is 16.1 Å². The second kappa shape index (κ2) is 7.90. The molecule has 0 saturated heterocycles. The molecule has 1 rings (SSSR count). The van der Waals surface area contributed by atoms with E-state index in [1.807, 2.05) is 19.9 Å². The van der Waals surface area contributed by atoms with Gasteiger partial charge in [0.15, 0.2) is 0 Å². The van der Waals surface area contributed by atoms with Crippen molar-refractivity contribution in [2.24, 2.45) is 5.92 Å². The van der Waals surface area contributed by atoms with Crippen LogP contribution in [0.3, 0.4) is 0 Å². The number of benzene rings is 1. The lowest BCUT2D eigenvalue weighted by atomic mass is 10.0. The molecule has 0 radical (unpaired) electrons. The molecule has 4 nitrogen and oxygen atoms in total. The summed E-state index contributed by atoms with van der Waals surface area (Å²) in [6, 6.07) is 6.69. The summed E-state index contributed by atoms with van der Waals surface area (Å²) in [4.78, 5) is 12.0. The van der Waals surface area contributed by atoms with E-state index in [9.17, 15) is 9.90 Å². The molecule has 1 aromatic carbocycles. The molecule has 112 valence electrons. The first-order chi connectivity index (χ1) is 9.38. The monoisotopic (exact) mass is 279 g/mol. The van der Waals surface area contributed by atoms with Gasteiger partial charge in [0.25, 0.3) is 0 Å². The second-order valence-corrected chi connectivity index (χ2v) is 5.72. The first-order valence-corrected chi connectivity index (χ1v) is 7.10. The van der Waals surface area contributed by atoms with Crippen molar-refractivity contribution in [3.8, 4) is 5.75 Å². The van der Waals surface area contributed by atoms with Gasteiger partial charge in [-0.15, -0.1) is 0 Å². The highest BCUT2D eigenvalue weighted by Gasteiger charge is 2.21. The van der Waals surface area contributed by atoms with Gasteiger partial charge in [0.05, 0.1) is 6.10 Å². The molecule has 2 N–H and O–H groups in total. The van der Waals surface area contributed by atoms with Crippen molar-refractivity contribution < 1.29 is 14.6 Å². The smallest absolute Gasteiger partial charge is 0.323 e. The van der Waals surface area contributed by atoms with E-state index in [1.165, 1.54) is 0 Å². The van der Waals surface area contributed by atoms with Crippen molar-refractivity contribution in [2.75, 3.05) is 0 Å². The molecule has 1 aromatic rings. The van der Waals surface area contributed by atoms with Gasteiger partial charge in [0.2, 0.25) is 0 Å². The molecule has 0 amide bonds. The van der Waals surface area contributed by atoms with Gasteiger partial charge in [0.1, 0.15) is 11.8 Å². The average Bonchev–Trinajstić information content (AvgIpc) is 2.33. The fourth-order valence-corrected chi connectivity index (χ4v) is 1.96. The number of esters is 1. The molecule has 0 aliphatic carbocycles. The number of nitrogens with one attached hydrogen (secondary N) is 1. The van der Waals surface area contributed by atoms with E-state index in [0.29, 0.717) is 12.5 Å². The lowest BCUT2D eigenvalue weighted by molar-refractivity contribution is -0.150. The summed E-state index contributed by atoms with van der Waals surface area (Å²) in [6.07, 6.45) is 0.615. The van der Waals surface area contributed by atoms with Gasteiger partial charge in [-0.25, -0.2) is 0 Å². The molecule has 0 unspecified atom stereocenters. The molecule has 0 spiro atoms. The Bertz CT molecular complexity index is 429. The zero-order valence-electron chi connectivity index (χ0n) is 12.7. The predicted octanol–water partition coefficient (Wildman–Crippen LogP) is 2.85.